The Hall–Kier alpha value is -0.780. The molecule has 0 aliphatic heterocycles. The van der Waals surface area contributed by atoms with Gasteiger partial charge in [-0.15, -0.1) is 12.4 Å². The monoisotopic (exact) mass is 254 g/mol. The third-order valence-electron chi connectivity index (χ3n) is 2.14. The molecule has 0 heterocycles. The number of benzene rings is 1. The third kappa shape index (κ3) is 3.66. The second-order valence-corrected chi connectivity index (χ2v) is 3.33. The van der Waals surface area contributed by atoms with Crippen molar-refractivity contribution in [3.05, 3.63) is 35.1 Å². The Bertz CT molecular complexity index is 347. The van der Waals surface area contributed by atoms with Crippen LogP contribution in [0.1, 0.15) is 24.4 Å². The molecule has 1 rings (SSSR count). The lowest BCUT2D eigenvalue weighted by atomic mass is 10.0. The number of hydrogen-bond acceptors (Lipinski definition) is 2. The fourth-order valence-electron chi connectivity index (χ4n) is 1.34. The lowest BCUT2D eigenvalue weighted by Gasteiger charge is -2.12. The number of hydrogen-bond donors (Lipinski definition) is 2. The second-order valence-electron chi connectivity index (χ2n) is 3.33. The average molecular weight is 255 g/mol. The van der Waals surface area contributed by atoms with E-state index in [-0.39, 0.29) is 18.0 Å². The van der Waals surface area contributed by atoms with Gasteiger partial charge in [0, 0.05) is 17.7 Å². The van der Waals surface area contributed by atoms with Gasteiger partial charge >= 0.3 is 0 Å². The molecule has 0 saturated heterocycles. The molecule has 0 spiro atoms. The zero-order chi connectivity index (χ0) is 11.4. The van der Waals surface area contributed by atoms with Crippen LogP contribution in [0.3, 0.4) is 0 Å². The van der Waals surface area contributed by atoms with Crippen LogP contribution in [0.25, 0.3) is 0 Å². The van der Waals surface area contributed by atoms with Crippen molar-refractivity contribution in [2.45, 2.75) is 18.9 Å². The van der Waals surface area contributed by atoms with E-state index in [1.807, 2.05) is 0 Å². The summed E-state index contributed by atoms with van der Waals surface area (Å²) in [6.45, 7) is 0.410. The molecule has 0 aromatic heterocycles. The Morgan fingerprint density at radius 1 is 1.19 bits per heavy atom. The lowest BCUT2D eigenvalue weighted by molar-refractivity contribution is 0.468. The Morgan fingerprint density at radius 2 is 1.81 bits per heavy atom. The predicted molar refractivity (Wildman–Crippen MR) is 58.8 cm³/mol. The van der Waals surface area contributed by atoms with E-state index in [9.17, 15) is 13.2 Å². The van der Waals surface area contributed by atoms with Crippen molar-refractivity contribution in [2.24, 2.45) is 11.5 Å². The Morgan fingerprint density at radius 3 is 2.38 bits per heavy atom. The molecule has 0 amide bonds. The molecule has 6 heteroatoms. The maximum Gasteiger partial charge on any atom is 0.163 e. The van der Waals surface area contributed by atoms with Crippen LogP contribution < -0.4 is 11.5 Å². The van der Waals surface area contributed by atoms with Crippen LogP contribution in [0.2, 0.25) is 0 Å². The highest BCUT2D eigenvalue weighted by Crippen LogP contribution is 2.22. The van der Waals surface area contributed by atoms with E-state index in [0.717, 1.165) is 6.07 Å². The smallest absolute Gasteiger partial charge is 0.163 e. The molecule has 0 aliphatic rings. The maximum absolute atomic E-state index is 13.2. The zero-order valence-corrected chi connectivity index (χ0v) is 9.37. The van der Waals surface area contributed by atoms with Crippen LogP contribution in [0.15, 0.2) is 12.1 Å². The molecule has 0 bridgehead atoms. The zero-order valence-electron chi connectivity index (χ0n) is 8.55. The summed E-state index contributed by atoms with van der Waals surface area (Å²) in [7, 11) is 0. The Labute approximate surface area is 98.2 Å². The first kappa shape index (κ1) is 15.2. The first-order valence-corrected chi connectivity index (χ1v) is 4.66. The molecule has 4 N–H and O–H groups in total. The van der Waals surface area contributed by atoms with E-state index in [2.05, 4.69) is 0 Å². The lowest BCUT2D eigenvalue weighted by Crippen LogP contribution is -2.15. The van der Waals surface area contributed by atoms with E-state index in [0.29, 0.717) is 25.5 Å². The van der Waals surface area contributed by atoms with Crippen LogP contribution in [-0.2, 0) is 0 Å². The minimum absolute atomic E-state index is 0. The molecule has 0 radical (unpaired) electrons. The molecule has 0 unspecified atom stereocenters. The molecule has 92 valence electrons. The van der Waals surface area contributed by atoms with E-state index < -0.39 is 23.5 Å². The van der Waals surface area contributed by atoms with Crippen molar-refractivity contribution in [3.63, 3.8) is 0 Å². The number of halogens is 4. The fourth-order valence-corrected chi connectivity index (χ4v) is 1.34. The fraction of sp³-hybridized carbons (Fsp3) is 0.400. The largest absolute Gasteiger partial charge is 0.330 e. The van der Waals surface area contributed by atoms with Crippen molar-refractivity contribution >= 4 is 12.4 Å². The van der Waals surface area contributed by atoms with Gasteiger partial charge in [-0.3, -0.25) is 0 Å². The van der Waals surface area contributed by atoms with Crippen molar-refractivity contribution in [1.82, 2.24) is 0 Å². The molecular weight excluding hydrogens is 241 g/mol. The van der Waals surface area contributed by atoms with Gasteiger partial charge in [-0.2, -0.15) is 0 Å². The summed E-state index contributed by atoms with van der Waals surface area (Å²) >= 11 is 0. The summed E-state index contributed by atoms with van der Waals surface area (Å²) in [5.41, 5.74) is 10.7. The molecule has 2 nitrogen and oxygen atoms in total. The van der Waals surface area contributed by atoms with Crippen molar-refractivity contribution in [3.8, 4) is 0 Å². The van der Waals surface area contributed by atoms with Crippen LogP contribution >= 0.6 is 12.4 Å². The highest BCUT2D eigenvalue weighted by molar-refractivity contribution is 5.85. The molecule has 0 aliphatic carbocycles. The number of rotatable bonds is 4. The molecule has 0 fully saturated rings. The summed E-state index contributed by atoms with van der Waals surface area (Å²) in [5.74, 6) is -3.12. The molecule has 1 aromatic rings. The summed E-state index contributed by atoms with van der Waals surface area (Å²) < 4.78 is 38.8. The number of nitrogens with two attached hydrogens (primary N) is 2. The standard InChI is InChI=1S/C10H13F3N2.ClH/c11-6-4-7(9(15)2-1-3-14)10(13)8(12)5-6;/h4-5,9H,1-3,14-15H2;1H/t9-;/m0./s1. The van der Waals surface area contributed by atoms with Gasteiger partial charge in [0.15, 0.2) is 11.6 Å². The van der Waals surface area contributed by atoms with Crippen LogP contribution in [0.5, 0.6) is 0 Å². The Balaban J connectivity index is 0.00000225. The minimum Gasteiger partial charge on any atom is -0.330 e. The molecular formula is C10H14ClF3N2. The van der Waals surface area contributed by atoms with Gasteiger partial charge in [-0.25, -0.2) is 13.2 Å². The summed E-state index contributed by atoms with van der Waals surface area (Å²) in [6, 6.07) is 0.687. The highest BCUT2D eigenvalue weighted by Gasteiger charge is 2.16. The average Bonchev–Trinajstić information content (AvgIpc) is 2.19. The quantitative estimate of drug-likeness (QED) is 0.810. The second kappa shape index (κ2) is 6.73. The SMILES string of the molecule is Cl.NCCC[C@H](N)c1cc(F)cc(F)c1F. The van der Waals surface area contributed by atoms with Crippen LogP contribution in [-0.4, -0.2) is 6.54 Å². The van der Waals surface area contributed by atoms with Gasteiger partial charge in [-0.1, -0.05) is 0 Å². The van der Waals surface area contributed by atoms with Gasteiger partial charge in [0.05, 0.1) is 0 Å². The molecule has 0 saturated carbocycles. The van der Waals surface area contributed by atoms with Gasteiger partial charge in [-0.05, 0) is 25.5 Å². The van der Waals surface area contributed by atoms with E-state index in [4.69, 9.17) is 11.5 Å². The summed E-state index contributed by atoms with van der Waals surface area (Å²) in [5, 5.41) is 0. The van der Waals surface area contributed by atoms with Gasteiger partial charge in [0.2, 0.25) is 0 Å². The first-order valence-electron chi connectivity index (χ1n) is 4.66. The molecule has 1 aromatic carbocycles. The molecule has 16 heavy (non-hydrogen) atoms. The van der Waals surface area contributed by atoms with E-state index >= 15 is 0 Å². The van der Waals surface area contributed by atoms with E-state index in [1.165, 1.54) is 0 Å². The van der Waals surface area contributed by atoms with Crippen molar-refractivity contribution < 1.29 is 13.2 Å². The minimum atomic E-state index is -1.21. The van der Waals surface area contributed by atoms with E-state index in [1.54, 1.807) is 0 Å². The highest BCUT2D eigenvalue weighted by atomic mass is 35.5. The summed E-state index contributed by atoms with van der Waals surface area (Å²) in [4.78, 5) is 0. The third-order valence-corrected chi connectivity index (χ3v) is 2.14. The first-order chi connectivity index (χ1) is 7.06. The normalized spacial score (nSPS) is 12.1. The maximum atomic E-state index is 13.2. The van der Waals surface area contributed by atoms with Crippen LogP contribution in [0, 0.1) is 17.5 Å². The predicted octanol–water partition coefficient (Wildman–Crippen LogP) is 2.26. The molecule has 1 atom stereocenters. The van der Waals surface area contributed by atoms with Crippen molar-refractivity contribution in [1.29, 1.82) is 0 Å². The Kier molecular flexibility index (Phi) is 6.40. The summed E-state index contributed by atoms with van der Waals surface area (Å²) in [6.07, 6.45) is 0.981. The van der Waals surface area contributed by atoms with Gasteiger partial charge < -0.3 is 11.5 Å². The van der Waals surface area contributed by atoms with Crippen LogP contribution in [0.4, 0.5) is 13.2 Å². The van der Waals surface area contributed by atoms with Gasteiger partial charge in [0.25, 0.3) is 0 Å². The van der Waals surface area contributed by atoms with Gasteiger partial charge in [0.1, 0.15) is 5.82 Å². The van der Waals surface area contributed by atoms with Crippen molar-refractivity contribution in [2.75, 3.05) is 6.54 Å². The topological polar surface area (TPSA) is 52.0 Å².